The van der Waals surface area contributed by atoms with Crippen molar-refractivity contribution >= 4 is 29.8 Å². The molecule has 12 nitrogen and oxygen atoms in total. The minimum absolute atomic E-state index is 0.0359. The van der Waals surface area contributed by atoms with E-state index in [4.69, 9.17) is 23.7 Å². The molecule has 1 unspecified atom stereocenters. The third kappa shape index (κ3) is 45.2. The molecule has 0 heterocycles. The molecule has 0 aliphatic rings. The van der Waals surface area contributed by atoms with E-state index in [1.54, 1.807) is 6.08 Å². The predicted molar refractivity (Wildman–Crippen MR) is 269 cm³/mol. The first-order valence-electron chi connectivity index (χ1n) is 27.4. The largest absolute Gasteiger partial charge is 0.465 e. The molecule has 67 heavy (non-hydrogen) atoms. The van der Waals surface area contributed by atoms with Gasteiger partial charge in [-0.25, -0.2) is 0 Å². The summed E-state index contributed by atoms with van der Waals surface area (Å²) in [6, 6.07) is 0. The molecule has 0 fully saturated rings. The minimum atomic E-state index is -0.527. The van der Waals surface area contributed by atoms with Gasteiger partial charge in [0, 0.05) is 51.1 Å². The molecular formula is C55H101NO11. The van der Waals surface area contributed by atoms with Crippen molar-refractivity contribution < 1.29 is 52.8 Å². The Kier molecular flexibility index (Phi) is 47.2. The van der Waals surface area contributed by atoms with E-state index in [0.717, 1.165) is 96.4 Å². The van der Waals surface area contributed by atoms with Gasteiger partial charge < -0.3 is 28.8 Å². The zero-order chi connectivity index (χ0) is 49.3. The highest BCUT2D eigenvalue weighted by Crippen LogP contribution is 2.17. The smallest absolute Gasteiger partial charge is 0.305 e. The van der Waals surface area contributed by atoms with E-state index in [-0.39, 0.29) is 82.3 Å². The first-order chi connectivity index (χ1) is 32.7. The lowest BCUT2D eigenvalue weighted by atomic mass is 10.0. The Morgan fingerprint density at radius 1 is 0.403 bits per heavy atom. The van der Waals surface area contributed by atoms with E-state index in [0.29, 0.717) is 51.6 Å². The highest BCUT2D eigenvalue weighted by molar-refractivity contribution is 5.71. The number of esters is 5. The van der Waals surface area contributed by atoms with Crippen LogP contribution >= 0.6 is 0 Å². The average molecular weight is 952 g/mol. The number of hydrogen-bond acceptors (Lipinski definition) is 12. The fourth-order valence-electron chi connectivity index (χ4n) is 7.92. The summed E-state index contributed by atoms with van der Waals surface area (Å²) in [7, 11) is 0. The standard InChI is InChI=1S/C55H101NO11/c1-5-9-12-15-16-17-18-19-20-21-22-23-24-27-30-37-53(60)65-46-50(47-66-54(61)38-31-32-41-56(40-8-4)42-43-57)48-67-55(62)39-33-34-49(44-63-51(58)35-28-25-13-10-6-2)45-64-52(59)36-29-26-14-11-7-3/h8,49-50,57H,4-7,9-48H2,1-3H3. The Bertz CT molecular complexity index is 1170. The summed E-state index contributed by atoms with van der Waals surface area (Å²) >= 11 is 0. The molecule has 0 spiro atoms. The van der Waals surface area contributed by atoms with Crippen molar-refractivity contribution in [2.45, 2.75) is 239 Å². The molecule has 0 aromatic heterocycles. The van der Waals surface area contributed by atoms with E-state index >= 15 is 0 Å². The zero-order valence-corrected chi connectivity index (χ0v) is 43.3. The highest BCUT2D eigenvalue weighted by atomic mass is 16.6. The van der Waals surface area contributed by atoms with Crippen molar-refractivity contribution in [3.63, 3.8) is 0 Å². The Hall–Kier alpha value is -2.99. The van der Waals surface area contributed by atoms with Gasteiger partial charge in [-0.05, 0) is 51.5 Å². The number of hydrogen-bond donors (Lipinski definition) is 1. The van der Waals surface area contributed by atoms with Crippen LogP contribution in [0.2, 0.25) is 0 Å². The zero-order valence-electron chi connectivity index (χ0n) is 43.3. The molecular weight excluding hydrogens is 851 g/mol. The van der Waals surface area contributed by atoms with E-state index in [1.165, 1.54) is 77.0 Å². The summed E-state index contributed by atoms with van der Waals surface area (Å²) in [6.45, 7) is 12.4. The van der Waals surface area contributed by atoms with Crippen molar-refractivity contribution in [2.24, 2.45) is 11.8 Å². The summed E-state index contributed by atoms with van der Waals surface area (Å²) in [5.41, 5.74) is 0. The van der Waals surface area contributed by atoms with Crippen LogP contribution < -0.4 is 0 Å². The third-order valence-corrected chi connectivity index (χ3v) is 12.3. The lowest BCUT2D eigenvalue weighted by molar-refractivity contribution is -0.155. The van der Waals surface area contributed by atoms with E-state index < -0.39 is 11.9 Å². The number of ether oxygens (including phenoxy) is 5. The first-order valence-corrected chi connectivity index (χ1v) is 27.4. The fraction of sp³-hybridized carbons (Fsp3) is 0.873. The van der Waals surface area contributed by atoms with Crippen LogP contribution in [-0.4, -0.2) is 99.1 Å². The SMILES string of the molecule is C=CCN(CCO)CCCCC(=O)OCC(COC(=O)CCCCCCCCCCCCCCCCC)COC(=O)CCCC(COC(=O)CCCCCCC)COC(=O)CCCCCCC. The topological polar surface area (TPSA) is 155 Å². The molecule has 0 aliphatic heterocycles. The highest BCUT2D eigenvalue weighted by Gasteiger charge is 2.20. The van der Waals surface area contributed by atoms with E-state index in [1.807, 2.05) is 0 Å². The number of unbranched alkanes of at least 4 members (excludes halogenated alkanes) is 23. The lowest BCUT2D eigenvalue weighted by Crippen LogP contribution is -2.28. The van der Waals surface area contributed by atoms with Gasteiger partial charge in [0.15, 0.2) is 0 Å². The molecule has 0 rings (SSSR count). The van der Waals surface area contributed by atoms with E-state index in [2.05, 4.69) is 32.3 Å². The predicted octanol–water partition coefficient (Wildman–Crippen LogP) is 12.7. The Morgan fingerprint density at radius 2 is 0.687 bits per heavy atom. The van der Waals surface area contributed by atoms with Crippen molar-refractivity contribution in [1.29, 1.82) is 0 Å². The van der Waals surface area contributed by atoms with Crippen LogP contribution in [0.4, 0.5) is 0 Å². The van der Waals surface area contributed by atoms with Crippen LogP contribution in [0.1, 0.15) is 239 Å². The summed E-state index contributed by atoms with van der Waals surface area (Å²) in [4.78, 5) is 65.4. The van der Waals surface area contributed by atoms with Gasteiger partial charge in [0.05, 0.1) is 25.7 Å². The summed E-state index contributed by atoms with van der Waals surface area (Å²) < 4.78 is 28.0. The van der Waals surface area contributed by atoms with Gasteiger partial charge in [0.1, 0.15) is 19.8 Å². The van der Waals surface area contributed by atoms with Crippen molar-refractivity contribution in [1.82, 2.24) is 4.90 Å². The second-order valence-corrected chi connectivity index (χ2v) is 18.8. The number of carbonyl (C=O) groups excluding carboxylic acids is 5. The van der Waals surface area contributed by atoms with Gasteiger partial charge in [-0.1, -0.05) is 168 Å². The van der Waals surface area contributed by atoms with Gasteiger partial charge in [0.2, 0.25) is 0 Å². The number of aliphatic hydroxyl groups is 1. The number of nitrogens with zero attached hydrogens (tertiary/aromatic N) is 1. The Labute approximate surface area is 409 Å². The van der Waals surface area contributed by atoms with E-state index in [9.17, 15) is 29.1 Å². The van der Waals surface area contributed by atoms with Crippen LogP contribution in [-0.2, 0) is 47.7 Å². The maximum Gasteiger partial charge on any atom is 0.305 e. The average Bonchev–Trinajstić information content (AvgIpc) is 3.31. The summed E-state index contributed by atoms with van der Waals surface area (Å²) in [6.07, 6.45) is 34.4. The van der Waals surface area contributed by atoms with Crippen LogP contribution in [0.3, 0.4) is 0 Å². The summed E-state index contributed by atoms with van der Waals surface area (Å²) in [5, 5.41) is 9.29. The van der Waals surface area contributed by atoms with Crippen LogP contribution in [0.15, 0.2) is 12.7 Å². The second kappa shape index (κ2) is 49.4. The van der Waals surface area contributed by atoms with Crippen molar-refractivity contribution in [2.75, 3.05) is 59.3 Å². The van der Waals surface area contributed by atoms with Crippen molar-refractivity contribution in [3.05, 3.63) is 12.7 Å². The number of aliphatic hydroxyl groups excluding tert-OH is 1. The summed E-state index contributed by atoms with van der Waals surface area (Å²) in [5.74, 6) is -2.45. The van der Waals surface area contributed by atoms with Crippen LogP contribution in [0.25, 0.3) is 0 Å². The molecule has 0 aromatic rings. The first kappa shape index (κ1) is 64.0. The monoisotopic (exact) mass is 952 g/mol. The molecule has 0 saturated carbocycles. The minimum Gasteiger partial charge on any atom is -0.465 e. The van der Waals surface area contributed by atoms with Gasteiger partial charge in [-0.2, -0.15) is 0 Å². The number of rotatable bonds is 51. The maximum absolute atomic E-state index is 13.0. The Morgan fingerprint density at radius 3 is 1.00 bits per heavy atom. The molecule has 12 heteroatoms. The molecule has 0 saturated heterocycles. The van der Waals surface area contributed by atoms with Crippen LogP contribution in [0, 0.1) is 11.8 Å². The molecule has 0 aliphatic carbocycles. The second-order valence-electron chi connectivity index (χ2n) is 18.8. The molecule has 1 atom stereocenters. The van der Waals surface area contributed by atoms with Crippen LogP contribution in [0.5, 0.6) is 0 Å². The van der Waals surface area contributed by atoms with Gasteiger partial charge in [-0.3, -0.25) is 28.9 Å². The molecule has 0 aromatic carbocycles. The quantitative estimate of drug-likeness (QED) is 0.0267. The Balaban J connectivity index is 5.01. The van der Waals surface area contributed by atoms with Crippen molar-refractivity contribution in [3.8, 4) is 0 Å². The fourth-order valence-corrected chi connectivity index (χ4v) is 7.92. The maximum atomic E-state index is 13.0. The molecule has 392 valence electrons. The number of carbonyl (C=O) groups is 5. The third-order valence-electron chi connectivity index (χ3n) is 12.3. The normalized spacial score (nSPS) is 11.7. The molecule has 0 radical (unpaired) electrons. The molecule has 1 N–H and O–H groups in total. The van der Waals surface area contributed by atoms with Gasteiger partial charge >= 0.3 is 29.8 Å². The lowest BCUT2D eigenvalue weighted by Gasteiger charge is -2.19. The van der Waals surface area contributed by atoms with Gasteiger partial charge in [0.25, 0.3) is 0 Å². The van der Waals surface area contributed by atoms with Gasteiger partial charge in [-0.15, -0.1) is 6.58 Å². The molecule has 0 amide bonds. The molecule has 0 bridgehead atoms.